The maximum Gasteiger partial charge on any atom is 0.227 e. The molecule has 3 heteroatoms. The summed E-state index contributed by atoms with van der Waals surface area (Å²) < 4.78 is 13.1. The van der Waals surface area contributed by atoms with Gasteiger partial charge in [-0.1, -0.05) is 30.3 Å². The molecule has 2 aromatic rings. The van der Waals surface area contributed by atoms with Gasteiger partial charge in [-0.2, -0.15) is 0 Å². The van der Waals surface area contributed by atoms with E-state index in [1.54, 1.807) is 12.1 Å². The predicted octanol–water partition coefficient (Wildman–Crippen LogP) is 4.08. The Hall–Kier alpha value is -2.16. The van der Waals surface area contributed by atoms with Crippen LogP contribution in [0.25, 0.3) is 0 Å². The molecule has 1 saturated heterocycles. The van der Waals surface area contributed by atoms with Crippen LogP contribution in [0.3, 0.4) is 0 Å². The molecule has 20 heavy (non-hydrogen) atoms. The molecule has 0 aromatic heterocycles. The SMILES string of the molecule is O=C1CCCC(c2ccc(F)cc2)N1c1ccccc1. The van der Waals surface area contributed by atoms with Gasteiger partial charge in [-0.25, -0.2) is 4.39 Å². The van der Waals surface area contributed by atoms with Crippen LogP contribution in [0.1, 0.15) is 30.9 Å². The standard InChI is InChI=1S/C17H16FNO/c18-14-11-9-13(10-12-14)16-7-4-8-17(20)19(16)15-5-2-1-3-6-15/h1-3,5-6,9-12,16H,4,7-8H2. The number of amides is 1. The van der Waals surface area contributed by atoms with Crippen LogP contribution in [0.5, 0.6) is 0 Å². The molecule has 0 aliphatic carbocycles. The highest BCUT2D eigenvalue weighted by Gasteiger charge is 2.30. The van der Waals surface area contributed by atoms with E-state index in [0.29, 0.717) is 6.42 Å². The number of benzene rings is 2. The molecule has 2 aromatic carbocycles. The van der Waals surface area contributed by atoms with Crippen LogP contribution in [-0.4, -0.2) is 5.91 Å². The summed E-state index contributed by atoms with van der Waals surface area (Å²) in [4.78, 5) is 14.1. The first-order chi connectivity index (χ1) is 9.75. The topological polar surface area (TPSA) is 20.3 Å². The number of rotatable bonds is 2. The first kappa shape index (κ1) is 12.9. The Bertz CT molecular complexity index is 594. The van der Waals surface area contributed by atoms with E-state index in [2.05, 4.69) is 0 Å². The molecule has 1 amide bonds. The van der Waals surface area contributed by atoms with Crippen LogP contribution in [0, 0.1) is 5.82 Å². The van der Waals surface area contributed by atoms with Gasteiger partial charge in [0.25, 0.3) is 0 Å². The van der Waals surface area contributed by atoms with Gasteiger partial charge in [-0.3, -0.25) is 4.79 Å². The third kappa shape index (κ3) is 2.44. The molecule has 1 atom stereocenters. The normalized spacial score (nSPS) is 19.1. The summed E-state index contributed by atoms with van der Waals surface area (Å²) in [7, 11) is 0. The van der Waals surface area contributed by atoms with E-state index < -0.39 is 0 Å². The molecule has 1 aliphatic rings. The van der Waals surface area contributed by atoms with Gasteiger partial charge in [0.15, 0.2) is 0 Å². The fourth-order valence-electron chi connectivity index (χ4n) is 2.78. The molecule has 3 rings (SSSR count). The number of nitrogens with zero attached hydrogens (tertiary/aromatic N) is 1. The Morgan fingerprint density at radius 1 is 1.00 bits per heavy atom. The highest BCUT2D eigenvalue weighted by Crippen LogP contribution is 2.35. The van der Waals surface area contributed by atoms with Gasteiger partial charge >= 0.3 is 0 Å². The first-order valence-electron chi connectivity index (χ1n) is 6.88. The summed E-state index contributed by atoms with van der Waals surface area (Å²) in [5, 5.41) is 0. The summed E-state index contributed by atoms with van der Waals surface area (Å²) in [6.07, 6.45) is 2.36. The molecule has 0 bridgehead atoms. The summed E-state index contributed by atoms with van der Waals surface area (Å²) >= 11 is 0. The Balaban J connectivity index is 1.98. The lowest BCUT2D eigenvalue weighted by atomic mass is 9.94. The van der Waals surface area contributed by atoms with Crippen molar-refractivity contribution in [3.63, 3.8) is 0 Å². The van der Waals surface area contributed by atoms with E-state index >= 15 is 0 Å². The van der Waals surface area contributed by atoms with Crippen LogP contribution < -0.4 is 4.90 Å². The Kier molecular flexibility index (Phi) is 3.50. The lowest BCUT2D eigenvalue weighted by molar-refractivity contribution is -0.120. The van der Waals surface area contributed by atoms with Gasteiger partial charge in [0.05, 0.1) is 6.04 Å². The van der Waals surface area contributed by atoms with Gasteiger partial charge in [0.2, 0.25) is 5.91 Å². The monoisotopic (exact) mass is 269 g/mol. The first-order valence-corrected chi connectivity index (χ1v) is 6.88. The number of carbonyl (C=O) groups is 1. The fraction of sp³-hybridized carbons (Fsp3) is 0.235. The van der Waals surface area contributed by atoms with Crippen LogP contribution in [0.2, 0.25) is 0 Å². The molecule has 1 aliphatic heterocycles. The van der Waals surface area contributed by atoms with E-state index in [1.807, 2.05) is 35.2 Å². The zero-order chi connectivity index (χ0) is 13.9. The minimum Gasteiger partial charge on any atom is -0.305 e. The lowest BCUT2D eigenvalue weighted by Crippen LogP contribution is -2.38. The Labute approximate surface area is 117 Å². The summed E-state index contributed by atoms with van der Waals surface area (Å²) in [5.74, 6) is -0.112. The molecule has 1 fully saturated rings. The van der Waals surface area contributed by atoms with Crippen LogP contribution in [-0.2, 0) is 4.79 Å². The van der Waals surface area contributed by atoms with E-state index in [0.717, 1.165) is 24.1 Å². The maximum absolute atomic E-state index is 13.1. The highest BCUT2D eigenvalue weighted by atomic mass is 19.1. The second-order valence-corrected chi connectivity index (χ2v) is 5.06. The third-order valence-electron chi connectivity index (χ3n) is 3.74. The minimum absolute atomic E-state index is 0.000694. The maximum atomic E-state index is 13.1. The van der Waals surface area contributed by atoms with Crippen LogP contribution in [0.4, 0.5) is 10.1 Å². The van der Waals surface area contributed by atoms with Crippen molar-refractivity contribution in [2.45, 2.75) is 25.3 Å². The van der Waals surface area contributed by atoms with Crippen molar-refractivity contribution in [3.05, 3.63) is 66.0 Å². The molecule has 0 spiro atoms. The summed E-state index contributed by atoms with van der Waals surface area (Å²) in [5.41, 5.74) is 1.90. The molecular formula is C17H16FNO. The van der Waals surface area contributed by atoms with Gasteiger partial charge < -0.3 is 4.90 Å². The van der Waals surface area contributed by atoms with Gasteiger partial charge in [-0.15, -0.1) is 0 Å². The number of anilines is 1. The lowest BCUT2D eigenvalue weighted by Gasteiger charge is -2.36. The van der Waals surface area contributed by atoms with Gasteiger partial charge in [0.1, 0.15) is 5.82 Å². The molecule has 0 N–H and O–H groups in total. The predicted molar refractivity (Wildman–Crippen MR) is 76.9 cm³/mol. The molecular weight excluding hydrogens is 253 g/mol. The van der Waals surface area contributed by atoms with E-state index in [-0.39, 0.29) is 17.8 Å². The fourth-order valence-corrected chi connectivity index (χ4v) is 2.78. The average Bonchev–Trinajstić information content (AvgIpc) is 2.49. The van der Waals surface area contributed by atoms with Crippen molar-refractivity contribution < 1.29 is 9.18 Å². The average molecular weight is 269 g/mol. The number of carbonyl (C=O) groups excluding carboxylic acids is 1. The number of hydrogen-bond donors (Lipinski definition) is 0. The molecule has 1 unspecified atom stereocenters. The Morgan fingerprint density at radius 3 is 2.40 bits per heavy atom. The number of para-hydroxylation sites is 1. The summed E-state index contributed by atoms with van der Waals surface area (Å²) in [6, 6.07) is 16.1. The van der Waals surface area contributed by atoms with Gasteiger partial charge in [0, 0.05) is 12.1 Å². The van der Waals surface area contributed by atoms with Crippen molar-refractivity contribution in [3.8, 4) is 0 Å². The second kappa shape index (κ2) is 5.45. The third-order valence-corrected chi connectivity index (χ3v) is 3.74. The van der Waals surface area contributed by atoms with E-state index in [1.165, 1.54) is 12.1 Å². The van der Waals surface area contributed by atoms with Crippen molar-refractivity contribution in [1.29, 1.82) is 0 Å². The molecule has 102 valence electrons. The second-order valence-electron chi connectivity index (χ2n) is 5.06. The molecule has 0 saturated carbocycles. The van der Waals surface area contributed by atoms with Crippen LogP contribution >= 0.6 is 0 Å². The zero-order valence-corrected chi connectivity index (χ0v) is 11.1. The quantitative estimate of drug-likeness (QED) is 0.804. The largest absolute Gasteiger partial charge is 0.305 e. The van der Waals surface area contributed by atoms with Crippen molar-refractivity contribution in [2.24, 2.45) is 0 Å². The minimum atomic E-state index is -0.248. The molecule has 0 radical (unpaired) electrons. The number of hydrogen-bond acceptors (Lipinski definition) is 1. The number of halogens is 1. The molecule has 1 heterocycles. The number of piperidine rings is 1. The van der Waals surface area contributed by atoms with Gasteiger partial charge in [-0.05, 0) is 42.7 Å². The summed E-state index contributed by atoms with van der Waals surface area (Å²) in [6.45, 7) is 0. The van der Waals surface area contributed by atoms with Crippen molar-refractivity contribution in [2.75, 3.05) is 4.90 Å². The van der Waals surface area contributed by atoms with Crippen LogP contribution in [0.15, 0.2) is 54.6 Å². The Morgan fingerprint density at radius 2 is 1.70 bits per heavy atom. The van der Waals surface area contributed by atoms with E-state index in [9.17, 15) is 9.18 Å². The van der Waals surface area contributed by atoms with Crippen molar-refractivity contribution >= 4 is 11.6 Å². The zero-order valence-electron chi connectivity index (χ0n) is 11.1. The van der Waals surface area contributed by atoms with Crippen molar-refractivity contribution in [1.82, 2.24) is 0 Å². The van der Waals surface area contributed by atoms with E-state index in [4.69, 9.17) is 0 Å². The highest BCUT2D eigenvalue weighted by molar-refractivity contribution is 5.94. The molecule has 2 nitrogen and oxygen atoms in total. The smallest absolute Gasteiger partial charge is 0.227 e.